The zero-order valence-corrected chi connectivity index (χ0v) is 39.4. The van der Waals surface area contributed by atoms with Crippen LogP contribution < -0.4 is 29.8 Å². The van der Waals surface area contributed by atoms with E-state index < -0.39 is 36.7 Å². The van der Waals surface area contributed by atoms with Crippen LogP contribution in [0.15, 0.2) is 84.9 Å². The molecule has 1 unspecified atom stereocenters. The lowest BCUT2D eigenvalue weighted by atomic mass is 9.82. The summed E-state index contributed by atoms with van der Waals surface area (Å²) in [5.41, 5.74) is 1.91. The maximum absolute atomic E-state index is 15.5. The number of fused-ring (bicyclic) bond motifs is 3. The minimum absolute atomic E-state index is 0.0107. The van der Waals surface area contributed by atoms with Gasteiger partial charge in [-0.2, -0.15) is 0 Å². The minimum atomic E-state index is -2.65. The number of anilines is 3. The lowest BCUT2D eigenvalue weighted by Crippen LogP contribution is -2.52. The second-order valence-electron chi connectivity index (χ2n) is 18.5. The Balaban J connectivity index is 1.14. The number of rotatable bonds is 17. The van der Waals surface area contributed by atoms with E-state index >= 15 is 4.79 Å². The van der Waals surface area contributed by atoms with E-state index in [0.29, 0.717) is 61.6 Å². The Labute approximate surface area is 386 Å². The molecule has 0 aliphatic carbocycles. The van der Waals surface area contributed by atoms with Gasteiger partial charge in [0.15, 0.2) is 5.60 Å². The Morgan fingerprint density at radius 1 is 0.985 bits per heavy atom. The van der Waals surface area contributed by atoms with Crippen LogP contribution in [0.3, 0.4) is 0 Å². The van der Waals surface area contributed by atoms with Crippen molar-refractivity contribution in [3.05, 3.63) is 112 Å². The van der Waals surface area contributed by atoms with Gasteiger partial charge in [-0.25, -0.2) is 0 Å². The number of ether oxygens (including phenoxy) is 3. The molecule has 66 heavy (non-hydrogen) atoms. The van der Waals surface area contributed by atoms with E-state index in [9.17, 15) is 29.9 Å². The third-order valence-electron chi connectivity index (χ3n) is 14.4. The number of unbranched alkanes of at least 4 members (excludes halogenated alkanes) is 1. The smallest absolute Gasteiger partial charge is 0.269 e. The standard InChI is InChI=1S/C50H61N5O10Si/c1-6-64-39-18-22-43-34(26-39)27-42(51-23-7-8-25-56)48(59)54(43)35-13-11-33(12-14-35)30-53-44-21-15-36(55(61)62)28-41(44)50(49(53)60)32(2)47(66(4,5)40-19-16-38(63-3)17-20-40)45(65-50)29-46(58)52-24-9-10-37(52)31-57/h11-22,26,28,32,37,42,45,47,51,56-57H,6-10,23-25,27,29-31H2,1-5H3/t32-,37-,42?,45+,47-,50+/m0/s1. The van der Waals surface area contributed by atoms with Crippen LogP contribution in [0.1, 0.15) is 62.6 Å². The summed E-state index contributed by atoms with van der Waals surface area (Å²) < 4.78 is 18.4. The highest BCUT2D eigenvalue weighted by atomic mass is 28.3. The molecule has 0 aromatic heterocycles. The summed E-state index contributed by atoms with van der Waals surface area (Å²) in [5, 5.41) is 36.3. The van der Waals surface area contributed by atoms with Crippen molar-refractivity contribution in [1.29, 1.82) is 0 Å². The number of carbonyl (C=O) groups excluding carboxylic acids is 3. The van der Waals surface area contributed by atoms with Gasteiger partial charge in [0.05, 0.1) is 75.8 Å². The molecule has 4 aromatic carbocycles. The van der Waals surface area contributed by atoms with Crippen molar-refractivity contribution < 1.29 is 43.7 Å². The number of hydrogen-bond donors (Lipinski definition) is 3. The first-order valence-electron chi connectivity index (χ1n) is 23.1. The number of carbonyl (C=O) groups is 3. The average Bonchev–Trinajstić information content (AvgIpc) is 3.98. The first-order valence-corrected chi connectivity index (χ1v) is 26.2. The Kier molecular flexibility index (Phi) is 13.7. The van der Waals surface area contributed by atoms with Crippen molar-refractivity contribution in [3.8, 4) is 11.5 Å². The molecule has 4 heterocycles. The number of nitrogens with zero attached hydrogens (tertiary/aromatic N) is 4. The topological polar surface area (TPSA) is 184 Å². The van der Waals surface area contributed by atoms with E-state index in [1.54, 1.807) is 27.9 Å². The molecule has 0 bridgehead atoms. The molecule has 4 aromatic rings. The number of aliphatic hydroxyl groups excluding tert-OH is 2. The second kappa shape index (κ2) is 19.3. The number of nitro benzene ring substituents is 1. The van der Waals surface area contributed by atoms with Gasteiger partial charge in [0.2, 0.25) is 11.8 Å². The minimum Gasteiger partial charge on any atom is -0.497 e. The predicted molar refractivity (Wildman–Crippen MR) is 253 cm³/mol. The fraction of sp³-hybridized carbons (Fsp3) is 0.460. The monoisotopic (exact) mass is 919 g/mol. The fourth-order valence-corrected chi connectivity index (χ4v) is 15.1. The zero-order valence-electron chi connectivity index (χ0n) is 38.4. The summed E-state index contributed by atoms with van der Waals surface area (Å²) in [6, 6.07) is 24.8. The number of aliphatic hydroxyl groups is 2. The van der Waals surface area contributed by atoms with E-state index in [2.05, 4.69) is 18.4 Å². The fourth-order valence-electron chi connectivity index (χ4n) is 11.1. The van der Waals surface area contributed by atoms with Gasteiger partial charge in [-0.1, -0.05) is 49.5 Å². The van der Waals surface area contributed by atoms with Crippen LogP contribution in [0.4, 0.5) is 22.7 Å². The van der Waals surface area contributed by atoms with Gasteiger partial charge < -0.3 is 39.5 Å². The largest absolute Gasteiger partial charge is 0.497 e. The summed E-state index contributed by atoms with van der Waals surface area (Å²) >= 11 is 0. The summed E-state index contributed by atoms with van der Waals surface area (Å²) in [6.45, 7) is 10.0. The van der Waals surface area contributed by atoms with Gasteiger partial charge in [0.25, 0.3) is 11.6 Å². The van der Waals surface area contributed by atoms with Crippen LogP contribution in [0, 0.1) is 16.0 Å². The summed E-state index contributed by atoms with van der Waals surface area (Å²) in [6.07, 6.45) is 2.60. The van der Waals surface area contributed by atoms with Crippen LogP contribution in [-0.2, 0) is 37.7 Å². The molecule has 2 saturated heterocycles. The van der Waals surface area contributed by atoms with Crippen molar-refractivity contribution >= 4 is 53.7 Å². The maximum Gasteiger partial charge on any atom is 0.269 e. The van der Waals surface area contributed by atoms with Crippen LogP contribution in [0.5, 0.6) is 11.5 Å². The molecule has 8 rings (SSSR count). The molecule has 3 amide bonds. The summed E-state index contributed by atoms with van der Waals surface area (Å²) in [7, 11) is -1.04. The quantitative estimate of drug-likeness (QED) is 0.0482. The van der Waals surface area contributed by atoms with Gasteiger partial charge in [-0.3, -0.25) is 29.4 Å². The molecule has 15 nitrogen and oxygen atoms in total. The normalized spacial score (nSPS) is 23.7. The number of hydrogen-bond acceptors (Lipinski definition) is 11. The number of benzene rings is 4. The molecular weight excluding hydrogens is 859 g/mol. The van der Waals surface area contributed by atoms with Gasteiger partial charge in [-0.05, 0) is 111 Å². The molecule has 0 saturated carbocycles. The third kappa shape index (κ3) is 8.49. The van der Waals surface area contributed by atoms with Gasteiger partial charge in [0.1, 0.15) is 11.5 Å². The highest BCUT2D eigenvalue weighted by molar-refractivity contribution is 6.91. The van der Waals surface area contributed by atoms with Crippen molar-refractivity contribution in [2.24, 2.45) is 5.92 Å². The molecule has 2 fully saturated rings. The molecule has 0 radical (unpaired) electrons. The summed E-state index contributed by atoms with van der Waals surface area (Å²) in [5.74, 6) is 0.298. The van der Waals surface area contributed by atoms with Crippen molar-refractivity contribution in [2.45, 2.75) is 101 Å². The predicted octanol–water partition coefficient (Wildman–Crippen LogP) is 6.09. The molecule has 3 N–H and O–H groups in total. The Bertz CT molecular complexity index is 2450. The number of nitrogens with one attached hydrogen (secondary N) is 1. The van der Waals surface area contributed by atoms with E-state index in [1.807, 2.05) is 80.6 Å². The summed E-state index contributed by atoms with van der Waals surface area (Å²) in [4.78, 5) is 60.9. The average molecular weight is 920 g/mol. The van der Waals surface area contributed by atoms with Gasteiger partial charge >= 0.3 is 0 Å². The van der Waals surface area contributed by atoms with E-state index in [4.69, 9.17) is 14.2 Å². The van der Waals surface area contributed by atoms with Crippen molar-refractivity contribution in [1.82, 2.24) is 10.2 Å². The number of non-ortho nitro benzene ring substituents is 1. The van der Waals surface area contributed by atoms with Gasteiger partial charge in [0, 0.05) is 42.5 Å². The Morgan fingerprint density at radius 2 is 1.71 bits per heavy atom. The van der Waals surface area contributed by atoms with Crippen LogP contribution in [-0.4, -0.2) is 104 Å². The Hall–Kier alpha value is -5.65. The highest BCUT2D eigenvalue weighted by Gasteiger charge is 2.67. The highest BCUT2D eigenvalue weighted by Crippen LogP contribution is 2.60. The third-order valence-corrected chi connectivity index (χ3v) is 18.7. The number of methoxy groups -OCH3 is 1. The number of amides is 3. The van der Waals surface area contributed by atoms with Crippen LogP contribution in [0.25, 0.3) is 0 Å². The van der Waals surface area contributed by atoms with E-state index in [0.717, 1.165) is 40.6 Å². The van der Waals surface area contributed by atoms with E-state index in [1.165, 1.54) is 12.1 Å². The lowest BCUT2D eigenvalue weighted by Gasteiger charge is -2.37. The maximum atomic E-state index is 15.5. The molecule has 4 aliphatic heterocycles. The molecule has 4 aliphatic rings. The molecule has 16 heteroatoms. The number of likely N-dealkylation sites (tertiary alicyclic amines) is 1. The van der Waals surface area contributed by atoms with Gasteiger partial charge in [-0.15, -0.1) is 0 Å². The second-order valence-corrected chi connectivity index (χ2v) is 23.2. The molecule has 350 valence electrons. The first kappa shape index (κ1) is 46.9. The number of nitro groups is 1. The lowest BCUT2D eigenvalue weighted by molar-refractivity contribution is -0.385. The van der Waals surface area contributed by atoms with E-state index in [-0.39, 0.29) is 61.2 Å². The van der Waals surface area contributed by atoms with Crippen molar-refractivity contribution in [3.63, 3.8) is 0 Å². The van der Waals surface area contributed by atoms with Crippen molar-refractivity contribution in [2.75, 3.05) is 49.8 Å². The zero-order chi connectivity index (χ0) is 46.9. The van der Waals surface area contributed by atoms with Crippen LogP contribution in [0.2, 0.25) is 18.6 Å². The molecular formula is C50H61N5O10Si. The SMILES string of the molecule is CCOc1ccc2c(c1)CC(NCCCCO)C(=O)N2c1ccc(CN2C(=O)[C@]3(O[C@H](CC(=O)N4CCC[C@H]4CO)[C@@H]([Si](C)(C)c4ccc(OC)cc4)[C@@H]3C)c3cc([N+](=O)[O-])ccc32)cc1. The molecule has 1 spiro atoms. The first-order chi connectivity index (χ1) is 31.8. The van der Waals surface area contributed by atoms with Crippen LogP contribution >= 0.6 is 0 Å². The Morgan fingerprint density at radius 3 is 2.39 bits per heavy atom. The molecule has 6 atom stereocenters.